The molecular formula is C13H18N2O3. The van der Waals surface area contributed by atoms with Crippen molar-refractivity contribution in [3.05, 3.63) is 29.3 Å². The molecule has 2 amide bonds. The Hall–Kier alpha value is -2.04. The van der Waals surface area contributed by atoms with Gasteiger partial charge in [-0.3, -0.25) is 9.59 Å². The molecule has 0 aliphatic carbocycles. The summed E-state index contributed by atoms with van der Waals surface area (Å²) in [6, 6.07) is 5.95. The summed E-state index contributed by atoms with van der Waals surface area (Å²) in [5, 5.41) is 2.45. The van der Waals surface area contributed by atoms with Gasteiger partial charge in [0.2, 0.25) is 0 Å². The third kappa shape index (κ3) is 3.76. The van der Waals surface area contributed by atoms with E-state index in [1.165, 1.54) is 5.56 Å². The number of benzene rings is 1. The van der Waals surface area contributed by atoms with E-state index in [1.807, 2.05) is 18.2 Å². The van der Waals surface area contributed by atoms with Crippen LogP contribution in [0.15, 0.2) is 18.2 Å². The number of carbonyl (C=O) groups is 2. The first-order valence-corrected chi connectivity index (χ1v) is 5.82. The van der Waals surface area contributed by atoms with Gasteiger partial charge in [-0.1, -0.05) is 19.1 Å². The number of rotatable bonds is 5. The third-order valence-corrected chi connectivity index (χ3v) is 2.66. The second-order valence-electron chi connectivity index (χ2n) is 3.87. The molecule has 0 heterocycles. The van der Waals surface area contributed by atoms with Crippen molar-refractivity contribution in [1.29, 1.82) is 0 Å². The largest absolute Gasteiger partial charge is 0.496 e. The van der Waals surface area contributed by atoms with Crippen LogP contribution in [0.4, 0.5) is 0 Å². The molecule has 5 nitrogen and oxygen atoms in total. The van der Waals surface area contributed by atoms with Gasteiger partial charge in [0.1, 0.15) is 5.75 Å². The van der Waals surface area contributed by atoms with Crippen LogP contribution in [0.3, 0.4) is 0 Å². The number of nitrogens with one attached hydrogen (secondary N) is 1. The van der Waals surface area contributed by atoms with Crippen LogP contribution in [0.1, 0.15) is 18.1 Å². The standard InChI is InChI=1S/C13H18N2O3/c1-3-9-4-5-11(18-2)10(8-9)6-7-15-13(17)12(14)16/h4-5,8H,3,6-7H2,1-2H3,(H2,14,16)(H,15,17). The Balaban J connectivity index is 2.65. The molecule has 0 bridgehead atoms. The minimum atomic E-state index is -0.968. The molecule has 0 aliphatic rings. The first-order chi connectivity index (χ1) is 8.58. The summed E-state index contributed by atoms with van der Waals surface area (Å²) < 4.78 is 5.25. The van der Waals surface area contributed by atoms with Crippen LogP contribution in [0.2, 0.25) is 0 Å². The molecule has 98 valence electrons. The minimum Gasteiger partial charge on any atom is -0.496 e. The van der Waals surface area contributed by atoms with Gasteiger partial charge >= 0.3 is 11.8 Å². The number of aryl methyl sites for hydroxylation is 1. The Morgan fingerprint density at radius 3 is 2.67 bits per heavy atom. The molecule has 1 aromatic carbocycles. The molecule has 3 N–H and O–H groups in total. The fourth-order valence-corrected chi connectivity index (χ4v) is 1.65. The summed E-state index contributed by atoms with van der Waals surface area (Å²) in [5.41, 5.74) is 7.04. The highest BCUT2D eigenvalue weighted by Crippen LogP contribution is 2.20. The van der Waals surface area contributed by atoms with Crippen molar-refractivity contribution in [3.63, 3.8) is 0 Å². The number of hydrogen-bond donors (Lipinski definition) is 2. The molecule has 0 aliphatic heterocycles. The molecular weight excluding hydrogens is 232 g/mol. The van der Waals surface area contributed by atoms with Crippen LogP contribution in [-0.2, 0) is 22.4 Å². The van der Waals surface area contributed by atoms with Crippen molar-refractivity contribution >= 4 is 11.8 Å². The molecule has 0 saturated heterocycles. The average molecular weight is 250 g/mol. The molecule has 18 heavy (non-hydrogen) atoms. The number of nitrogens with two attached hydrogens (primary N) is 1. The second-order valence-corrected chi connectivity index (χ2v) is 3.87. The summed E-state index contributed by atoms with van der Waals surface area (Å²) in [6.07, 6.45) is 1.53. The van der Waals surface area contributed by atoms with E-state index in [2.05, 4.69) is 12.2 Å². The van der Waals surface area contributed by atoms with Gasteiger partial charge in [-0.15, -0.1) is 0 Å². The van der Waals surface area contributed by atoms with Gasteiger partial charge in [-0.25, -0.2) is 0 Å². The Labute approximate surface area is 106 Å². The zero-order valence-corrected chi connectivity index (χ0v) is 10.7. The Bertz CT molecular complexity index is 444. The normalized spacial score (nSPS) is 9.89. The van der Waals surface area contributed by atoms with E-state index < -0.39 is 11.8 Å². The molecule has 0 radical (unpaired) electrons. The van der Waals surface area contributed by atoms with Crippen molar-refractivity contribution in [2.24, 2.45) is 5.73 Å². The number of amides is 2. The van der Waals surface area contributed by atoms with Crippen LogP contribution in [0.5, 0.6) is 5.75 Å². The lowest BCUT2D eigenvalue weighted by Gasteiger charge is -2.10. The predicted octanol–water partition coefficient (Wildman–Crippen LogP) is 0.402. The molecule has 1 rings (SSSR count). The van der Waals surface area contributed by atoms with Crippen molar-refractivity contribution in [2.75, 3.05) is 13.7 Å². The average Bonchev–Trinajstić information content (AvgIpc) is 2.38. The van der Waals surface area contributed by atoms with Gasteiger partial charge in [-0.2, -0.15) is 0 Å². The van der Waals surface area contributed by atoms with E-state index in [0.29, 0.717) is 13.0 Å². The van der Waals surface area contributed by atoms with Crippen LogP contribution in [-0.4, -0.2) is 25.5 Å². The monoisotopic (exact) mass is 250 g/mol. The topological polar surface area (TPSA) is 81.4 Å². The minimum absolute atomic E-state index is 0.352. The highest BCUT2D eigenvalue weighted by atomic mass is 16.5. The summed E-state index contributed by atoms with van der Waals surface area (Å²) >= 11 is 0. The lowest BCUT2D eigenvalue weighted by Crippen LogP contribution is -2.37. The van der Waals surface area contributed by atoms with Crippen molar-refractivity contribution in [3.8, 4) is 5.75 Å². The van der Waals surface area contributed by atoms with Crippen LogP contribution in [0, 0.1) is 0 Å². The van der Waals surface area contributed by atoms with E-state index in [1.54, 1.807) is 7.11 Å². The van der Waals surface area contributed by atoms with Gasteiger partial charge in [0, 0.05) is 6.54 Å². The number of carbonyl (C=O) groups excluding carboxylic acids is 2. The van der Waals surface area contributed by atoms with E-state index in [9.17, 15) is 9.59 Å². The zero-order chi connectivity index (χ0) is 13.5. The van der Waals surface area contributed by atoms with E-state index in [0.717, 1.165) is 17.7 Å². The Morgan fingerprint density at radius 1 is 1.39 bits per heavy atom. The first-order valence-electron chi connectivity index (χ1n) is 5.82. The van der Waals surface area contributed by atoms with Gasteiger partial charge < -0.3 is 15.8 Å². The van der Waals surface area contributed by atoms with Crippen molar-refractivity contribution < 1.29 is 14.3 Å². The quantitative estimate of drug-likeness (QED) is 0.742. The summed E-state index contributed by atoms with van der Waals surface area (Å²) in [6.45, 7) is 2.42. The van der Waals surface area contributed by atoms with Crippen LogP contribution in [0.25, 0.3) is 0 Å². The molecule has 0 spiro atoms. The maximum Gasteiger partial charge on any atom is 0.309 e. The Morgan fingerprint density at radius 2 is 2.11 bits per heavy atom. The van der Waals surface area contributed by atoms with Crippen LogP contribution < -0.4 is 15.8 Å². The maximum atomic E-state index is 11.0. The van der Waals surface area contributed by atoms with Gasteiger partial charge in [0.05, 0.1) is 7.11 Å². The van der Waals surface area contributed by atoms with Crippen molar-refractivity contribution in [1.82, 2.24) is 5.32 Å². The van der Waals surface area contributed by atoms with Gasteiger partial charge in [-0.05, 0) is 30.0 Å². The summed E-state index contributed by atoms with van der Waals surface area (Å²) in [7, 11) is 1.60. The van der Waals surface area contributed by atoms with E-state index >= 15 is 0 Å². The van der Waals surface area contributed by atoms with E-state index in [4.69, 9.17) is 10.5 Å². The Kier molecular flexibility index (Phi) is 5.17. The fourth-order valence-electron chi connectivity index (χ4n) is 1.65. The molecule has 0 atom stereocenters. The molecule has 0 aromatic heterocycles. The first kappa shape index (κ1) is 14.0. The lowest BCUT2D eigenvalue weighted by atomic mass is 10.1. The highest BCUT2D eigenvalue weighted by Gasteiger charge is 2.08. The van der Waals surface area contributed by atoms with Crippen molar-refractivity contribution in [2.45, 2.75) is 19.8 Å². The molecule has 1 aromatic rings. The maximum absolute atomic E-state index is 11.0. The molecule has 0 saturated carbocycles. The summed E-state index contributed by atoms with van der Waals surface area (Å²) in [5.74, 6) is -0.953. The molecule has 5 heteroatoms. The zero-order valence-electron chi connectivity index (χ0n) is 10.7. The smallest absolute Gasteiger partial charge is 0.309 e. The predicted molar refractivity (Wildman–Crippen MR) is 68.3 cm³/mol. The molecule has 0 unspecified atom stereocenters. The van der Waals surface area contributed by atoms with Crippen LogP contribution >= 0.6 is 0 Å². The van der Waals surface area contributed by atoms with E-state index in [-0.39, 0.29) is 0 Å². The molecule has 0 fully saturated rings. The number of methoxy groups -OCH3 is 1. The number of primary amides is 1. The second kappa shape index (κ2) is 6.64. The lowest BCUT2D eigenvalue weighted by molar-refractivity contribution is -0.137. The number of ether oxygens (including phenoxy) is 1. The highest BCUT2D eigenvalue weighted by molar-refractivity contribution is 6.34. The third-order valence-electron chi connectivity index (χ3n) is 2.66. The van der Waals surface area contributed by atoms with Gasteiger partial charge in [0.15, 0.2) is 0 Å². The van der Waals surface area contributed by atoms with Gasteiger partial charge in [0.25, 0.3) is 0 Å². The number of hydrogen-bond acceptors (Lipinski definition) is 3. The SMILES string of the molecule is CCc1ccc(OC)c(CCNC(=O)C(N)=O)c1. The fraction of sp³-hybridized carbons (Fsp3) is 0.385. The summed E-state index contributed by atoms with van der Waals surface area (Å²) in [4.78, 5) is 21.5.